The molecule has 0 saturated heterocycles. The molecule has 2 aromatic carbocycles. The van der Waals surface area contributed by atoms with E-state index in [0.717, 1.165) is 22.3 Å². The van der Waals surface area contributed by atoms with Crippen LogP contribution >= 0.6 is 0 Å². The van der Waals surface area contributed by atoms with Crippen molar-refractivity contribution in [2.45, 2.75) is 33.8 Å². The number of carbonyl (C=O) groups is 1. The van der Waals surface area contributed by atoms with Gasteiger partial charge in [0.15, 0.2) is 12.7 Å². The quantitative estimate of drug-likeness (QED) is 0.604. The summed E-state index contributed by atoms with van der Waals surface area (Å²) >= 11 is 0. The molecule has 0 fully saturated rings. The molecule has 3 aromatic rings. The summed E-state index contributed by atoms with van der Waals surface area (Å²) in [6, 6.07) is 13.4. The first-order chi connectivity index (χ1) is 12.9. The maximum Gasteiger partial charge on any atom is 0.344 e. The molecule has 3 rings (SSSR count). The largest absolute Gasteiger partial charge is 0.482 e. The number of hydrogen-bond donors (Lipinski definition) is 0. The molecule has 1 atom stereocenters. The second kappa shape index (κ2) is 8.03. The molecule has 6 heteroatoms. The number of nitrogens with zero attached hydrogens (tertiary/aromatic N) is 2. The van der Waals surface area contributed by atoms with E-state index in [0.29, 0.717) is 11.6 Å². The highest BCUT2D eigenvalue weighted by atomic mass is 16.6. The van der Waals surface area contributed by atoms with Gasteiger partial charge in [0.2, 0.25) is 5.89 Å². The lowest BCUT2D eigenvalue weighted by molar-refractivity contribution is -0.152. The highest BCUT2D eigenvalue weighted by Gasteiger charge is 2.19. The van der Waals surface area contributed by atoms with E-state index in [2.05, 4.69) is 10.2 Å². The third kappa shape index (κ3) is 4.53. The first-order valence-electron chi connectivity index (χ1n) is 8.73. The fourth-order valence-corrected chi connectivity index (χ4v) is 2.51. The monoisotopic (exact) mass is 366 g/mol. The summed E-state index contributed by atoms with van der Waals surface area (Å²) in [6.07, 6.45) is -0.661. The fraction of sp³-hybridized carbons (Fsp3) is 0.286. The van der Waals surface area contributed by atoms with Crippen molar-refractivity contribution < 1.29 is 18.7 Å². The Labute approximate surface area is 158 Å². The third-order valence-electron chi connectivity index (χ3n) is 4.30. The van der Waals surface area contributed by atoms with E-state index in [1.54, 1.807) is 6.92 Å². The van der Waals surface area contributed by atoms with Gasteiger partial charge in [-0.2, -0.15) is 0 Å². The van der Waals surface area contributed by atoms with Gasteiger partial charge in [-0.3, -0.25) is 0 Å². The Bertz CT molecular complexity index is 932. The van der Waals surface area contributed by atoms with Gasteiger partial charge in [0.1, 0.15) is 5.75 Å². The molecule has 0 aliphatic carbocycles. The molecule has 140 valence electrons. The van der Waals surface area contributed by atoms with Crippen molar-refractivity contribution in [3.05, 3.63) is 65.0 Å². The molecule has 0 amide bonds. The summed E-state index contributed by atoms with van der Waals surface area (Å²) in [5.74, 6) is 0.794. The van der Waals surface area contributed by atoms with Crippen LogP contribution in [0.15, 0.2) is 46.9 Å². The molecule has 0 aliphatic heterocycles. The van der Waals surface area contributed by atoms with Crippen LogP contribution in [0.2, 0.25) is 0 Å². The Hall–Kier alpha value is -3.15. The zero-order valence-corrected chi connectivity index (χ0v) is 15.9. The Kier molecular flexibility index (Phi) is 5.54. The standard InChI is InChI=1S/C21H22N2O4/c1-13-8-10-17(11-9-13)21-23-22-20(27-21)16(4)26-19(24)12-25-18-7-5-6-14(2)15(18)3/h5-11,16H,12H2,1-4H3/t16-/m1/s1. The minimum absolute atomic E-state index is 0.187. The van der Waals surface area contributed by atoms with Crippen LogP contribution < -0.4 is 4.74 Å². The normalized spacial score (nSPS) is 11.9. The molecule has 0 bridgehead atoms. The highest BCUT2D eigenvalue weighted by molar-refractivity contribution is 5.71. The van der Waals surface area contributed by atoms with Crippen LogP contribution in [-0.4, -0.2) is 22.8 Å². The zero-order valence-electron chi connectivity index (χ0n) is 15.9. The van der Waals surface area contributed by atoms with Gasteiger partial charge in [-0.25, -0.2) is 4.79 Å². The summed E-state index contributed by atoms with van der Waals surface area (Å²) in [5.41, 5.74) is 4.06. The fourth-order valence-electron chi connectivity index (χ4n) is 2.51. The predicted molar refractivity (Wildman–Crippen MR) is 100 cm³/mol. The maximum atomic E-state index is 12.1. The van der Waals surface area contributed by atoms with Gasteiger partial charge < -0.3 is 13.9 Å². The lowest BCUT2D eigenvalue weighted by atomic mass is 10.1. The number of aromatic nitrogens is 2. The lowest BCUT2D eigenvalue weighted by Gasteiger charge is -2.12. The molecule has 6 nitrogen and oxygen atoms in total. The molecule has 27 heavy (non-hydrogen) atoms. The summed E-state index contributed by atoms with van der Waals surface area (Å²) in [5, 5.41) is 8.00. The highest BCUT2D eigenvalue weighted by Crippen LogP contribution is 2.23. The Morgan fingerprint density at radius 1 is 1.07 bits per heavy atom. The van der Waals surface area contributed by atoms with Crippen LogP contribution in [0.5, 0.6) is 5.75 Å². The van der Waals surface area contributed by atoms with Gasteiger partial charge in [0.05, 0.1) is 0 Å². The first kappa shape index (κ1) is 18.6. The van der Waals surface area contributed by atoms with Crippen LogP contribution in [0.1, 0.15) is 35.6 Å². The summed E-state index contributed by atoms with van der Waals surface area (Å²) in [7, 11) is 0. The van der Waals surface area contributed by atoms with Crippen molar-refractivity contribution >= 4 is 5.97 Å². The molecule has 0 spiro atoms. The molecule has 0 unspecified atom stereocenters. The third-order valence-corrected chi connectivity index (χ3v) is 4.30. The van der Waals surface area contributed by atoms with Gasteiger partial charge in [0.25, 0.3) is 5.89 Å². The molecule has 0 radical (unpaired) electrons. The number of aryl methyl sites for hydroxylation is 2. The van der Waals surface area contributed by atoms with E-state index in [1.165, 1.54) is 0 Å². The van der Waals surface area contributed by atoms with Gasteiger partial charge >= 0.3 is 5.97 Å². The number of esters is 1. The maximum absolute atomic E-state index is 12.1. The summed E-state index contributed by atoms with van der Waals surface area (Å²) < 4.78 is 16.5. The van der Waals surface area contributed by atoms with E-state index in [4.69, 9.17) is 13.9 Å². The Balaban J connectivity index is 1.58. The molecule has 1 heterocycles. The number of carbonyl (C=O) groups excluding carboxylic acids is 1. The minimum Gasteiger partial charge on any atom is -0.482 e. The number of rotatable bonds is 6. The summed E-state index contributed by atoms with van der Waals surface area (Å²) in [4.78, 5) is 12.1. The number of ether oxygens (including phenoxy) is 2. The van der Waals surface area contributed by atoms with Crippen molar-refractivity contribution in [2.75, 3.05) is 6.61 Å². The van der Waals surface area contributed by atoms with Crippen LogP contribution in [0.3, 0.4) is 0 Å². The van der Waals surface area contributed by atoms with E-state index >= 15 is 0 Å². The molecule has 0 aliphatic rings. The van der Waals surface area contributed by atoms with Gasteiger partial charge in [-0.1, -0.05) is 29.8 Å². The molecule has 1 aromatic heterocycles. The predicted octanol–water partition coefficient (Wildman–Crippen LogP) is 4.35. The first-order valence-corrected chi connectivity index (χ1v) is 8.73. The molecular formula is C21H22N2O4. The molecular weight excluding hydrogens is 344 g/mol. The van der Waals surface area contributed by atoms with Gasteiger partial charge in [0, 0.05) is 5.56 Å². The average Bonchev–Trinajstić information content (AvgIpc) is 3.14. The van der Waals surface area contributed by atoms with Crippen LogP contribution in [0, 0.1) is 20.8 Å². The lowest BCUT2D eigenvalue weighted by Crippen LogP contribution is -2.17. The minimum atomic E-state index is -0.661. The van der Waals surface area contributed by atoms with E-state index in [1.807, 2.05) is 63.2 Å². The zero-order chi connectivity index (χ0) is 19.4. The Morgan fingerprint density at radius 3 is 2.56 bits per heavy atom. The van der Waals surface area contributed by atoms with Crippen LogP contribution in [-0.2, 0) is 9.53 Å². The topological polar surface area (TPSA) is 74.5 Å². The van der Waals surface area contributed by atoms with Crippen molar-refractivity contribution in [1.82, 2.24) is 10.2 Å². The SMILES string of the molecule is Cc1ccc(-c2nnc([C@@H](C)OC(=O)COc3cccc(C)c3C)o2)cc1. The molecule has 0 saturated carbocycles. The average molecular weight is 366 g/mol. The van der Waals surface area contributed by atoms with E-state index in [-0.39, 0.29) is 12.5 Å². The number of hydrogen-bond acceptors (Lipinski definition) is 6. The number of benzene rings is 2. The van der Waals surface area contributed by atoms with Crippen molar-refractivity contribution in [1.29, 1.82) is 0 Å². The summed E-state index contributed by atoms with van der Waals surface area (Å²) in [6.45, 7) is 7.44. The smallest absolute Gasteiger partial charge is 0.344 e. The second-order valence-electron chi connectivity index (χ2n) is 6.43. The second-order valence-corrected chi connectivity index (χ2v) is 6.43. The van der Waals surface area contributed by atoms with E-state index in [9.17, 15) is 4.79 Å². The van der Waals surface area contributed by atoms with Crippen LogP contribution in [0.25, 0.3) is 11.5 Å². The molecule has 0 N–H and O–H groups in total. The van der Waals surface area contributed by atoms with Crippen molar-refractivity contribution in [3.63, 3.8) is 0 Å². The van der Waals surface area contributed by atoms with Gasteiger partial charge in [-0.15, -0.1) is 10.2 Å². The van der Waals surface area contributed by atoms with E-state index < -0.39 is 12.1 Å². The Morgan fingerprint density at radius 2 is 1.81 bits per heavy atom. The van der Waals surface area contributed by atoms with Crippen LogP contribution in [0.4, 0.5) is 0 Å². The van der Waals surface area contributed by atoms with Crippen molar-refractivity contribution in [3.8, 4) is 17.2 Å². The van der Waals surface area contributed by atoms with Gasteiger partial charge in [-0.05, 0) is 57.0 Å². The van der Waals surface area contributed by atoms with Crippen molar-refractivity contribution in [2.24, 2.45) is 0 Å².